The number of carbonyl (C=O) groups excluding carboxylic acids is 2. The fourth-order valence-corrected chi connectivity index (χ4v) is 2.73. The van der Waals surface area contributed by atoms with Crippen molar-refractivity contribution in [1.29, 1.82) is 0 Å². The molecule has 7 nitrogen and oxygen atoms in total. The van der Waals surface area contributed by atoms with Crippen molar-refractivity contribution in [1.82, 2.24) is 15.3 Å². The number of nitrogens with zero attached hydrogens (tertiary/aromatic N) is 2. The number of amides is 3. The van der Waals surface area contributed by atoms with Crippen LogP contribution < -0.4 is 15.6 Å². The molecule has 3 rings (SSSR count). The minimum atomic E-state index is -4.66. The highest BCUT2D eigenvalue weighted by molar-refractivity contribution is 6.31. The molecular weight excluding hydrogens is 449 g/mol. The normalized spacial score (nSPS) is 10.9. The first-order chi connectivity index (χ1) is 15.1. The number of rotatable bonds is 5. The van der Waals surface area contributed by atoms with Crippen molar-refractivity contribution < 1.29 is 27.5 Å². The lowest BCUT2D eigenvalue weighted by molar-refractivity contribution is -0.137. The molecular formula is C21H16ClF3N4O3. The number of alkyl halides is 3. The summed E-state index contributed by atoms with van der Waals surface area (Å²) in [6.07, 6.45) is -3.31. The first-order valence-electron chi connectivity index (χ1n) is 9.05. The van der Waals surface area contributed by atoms with Crippen molar-refractivity contribution in [3.63, 3.8) is 0 Å². The van der Waals surface area contributed by atoms with Gasteiger partial charge in [-0.25, -0.2) is 4.79 Å². The SMILES string of the molecule is CN(C(=O)NNc1ccc(Cl)c(C(F)(F)F)c1)C(=O)c1cc(Oc2ccccc2)ccn1. The number of halogens is 4. The standard InChI is InChI=1S/C21H16ClF3N4O3/c1-29(20(31)28-27-13-7-8-17(22)16(11-13)21(23,24)25)19(30)18-12-15(9-10-26-18)32-14-5-3-2-4-6-14/h2-12,27H,1H3,(H,28,31). The van der Waals surface area contributed by atoms with Crippen LogP contribution in [0.1, 0.15) is 16.1 Å². The van der Waals surface area contributed by atoms with E-state index in [-0.39, 0.29) is 11.4 Å². The van der Waals surface area contributed by atoms with Crippen molar-refractivity contribution in [2.45, 2.75) is 6.18 Å². The molecule has 3 aromatic rings. The maximum absolute atomic E-state index is 12.9. The molecule has 0 atom stereocenters. The van der Waals surface area contributed by atoms with Crippen LogP contribution in [0.25, 0.3) is 0 Å². The Kier molecular flexibility index (Phi) is 6.84. The minimum Gasteiger partial charge on any atom is -0.457 e. The van der Waals surface area contributed by atoms with E-state index in [0.717, 1.165) is 12.1 Å². The summed E-state index contributed by atoms with van der Waals surface area (Å²) in [6.45, 7) is 0. The van der Waals surface area contributed by atoms with E-state index in [0.29, 0.717) is 16.4 Å². The zero-order chi connectivity index (χ0) is 23.3. The van der Waals surface area contributed by atoms with Gasteiger partial charge in [-0.15, -0.1) is 0 Å². The van der Waals surface area contributed by atoms with Crippen molar-refractivity contribution in [3.05, 3.63) is 83.1 Å². The lowest BCUT2D eigenvalue weighted by atomic mass is 10.2. The Morgan fingerprint density at radius 1 is 1.03 bits per heavy atom. The molecule has 0 saturated carbocycles. The number of aromatic nitrogens is 1. The maximum Gasteiger partial charge on any atom is 0.417 e. The zero-order valence-electron chi connectivity index (χ0n) is 16.5. The van der Waals surface area contributed by atoms with Gasteiger partial charge < -0.3 is 4.74 Å². The third kappa shape index (κ3) is 5.67. The van der Waals surface area contributed by atoms with Gasteiger partial charge in [0.15, 0.2) is 0 Å². The molecule has 0 aliphatic heterocycles. The average Bonchev–Trinajstić information content (AvgIpc) is 2.77. The summed E-state index contributed by atoms with van der Waals surface area (Å²) >= 11 is 5.56. The van der Waals surface area contributed by atoms with Crippen LogP contribution in [0.3, 0.4) is 0 Å². The van der Waals surface area contributed by atoms with Gasteiger partial charge >= 0.3 is 12.2 Å². The van der Waals surface area contributed by atoms with E-state index in [1.807, 2.05) is 6.07 Å². The van der Waals surface area contributed by atoms with Crippen LogP contribution >= 0.6 is 11.6 Å². The molecule has 0 bridgehead atoms. The van der Waals surface area contributed by atoms with Crippen molar-refractivity contribution >= 4 is 29.2 Å². The fourth-order valence-electron chi connectivity index (χ4n) is 2.51. The number of ether oxygens (including phenoxy) is 1. The predicted octanol–water partition coefficient (Wildman–Crippen LogP) is 5.35. The number of para-hydroxylation sites is 1. The summed E-state index contributed by atoms with van der Waals surface area (Å²) in [4.78, 5) is 29.5. The monoisotopic (exact) mass is 464 g/mol. The van der Waals surface area contributed by atoms with Crippen LogP contribution in [0, 0.1) is 0 Å². The summed E-state index contributed by atoms with van der Waals surface area (Å²) in [5, 5.41) is -0.481. The lowest BCUT2D eigenvalue weighted by Crippen LogP contribution is -2.43. The Bertz CT molecular complexity index is 1130. The number of hydrazine groups is 1. The van der Waals surface area contributed by atoms with Gasteiger partial charge in [0.25, 0.3) is 5.91 Å². The smallest absolute Gasteiger partial charge is 0.417 e. The van der Waals surface area contributed by atoms with Crippen LogP contribution in [0.4, 0.5) is 23.7 Å². The lowest BCUT2D eigenvalue weighted by Gasteiger charge is -2.18. The van der Waals surface area contributed by atoms with Crippen molar-refractivity contribution in [2.24, 2.45) is 0 Å². The molecule has 0 saturated heterocycles. The summed E-state index contributed by atoms with van der Waals surface area (Å²) in [6, 6.07) is 13.8. The Morgan fingerprint density at radius 3 is 2.44 bits per heavy atom. The van der Waals surface area contributed by atoms with E-state index in [4.69, 9.17) is 16.3 Å². The Hall–Kier alpha value is -3.79. The number of hydrogen-bond donors (Lipinski definition) is 2. The maximum atomic E-state index is 12.9. The third-order valence-electron chi connectivity index (χ3n) is 4.12. The van der Waals surface area contributed by atoms with Gasteiger partial charge in [0.05, 0.1) is 16.3 Å². The largest absolute Gasteiger partial charge is 0.457 e. The van der Waals surface area contributed by atoms with E-state index in [1.165, 1.54) is 25.4 Å². The summed E-state index contributed by atoms with van der Waals surface area (Å²) < 4.78 is 44.5. The highest BCUT2D eigenvalue weighted by atomic mass is 35.5. The van der Waals surface area contributed by atoms with Crippen LogP contribution in [-0.4, -0.2) is 28.9 Å². The number of benzene rings is 2. The van der Waals surface area contributed by atoms with Crippen molar-refractivity contribution in [3.8, 4) is 11.5 Å². The summed E-state index contributed by atoms with van der Waals surface area (Å²) in [5.41, 5.74) is 3.26. The van der Waals surface area contributed by atoms with Crippen LogP contribution in [0.15, 0.2) is 66.9 Å². The molecule has 0 aliphatic carbocycles. The molecule has 2 aromatic carbocycles. The van der Waals surface area contributed by atoms with E-state index in [2.05, 4.69) is 15.8 Å². The van der Waals surface area contributed by atoms with E-state index in [9.17, 15) is 22.8 Å². The average molecular weight is 465 g/mol. The summed E-state index contributed by atoms with van der Waals surface area (Å²) in [7, 11) is 1.19. The van der Waals surface area contributed by atoms with Gasteiger partial charge in [0, 0.05) is 19.3 Å². The van der Waals surface area contributed by atoms with Gasteiger partial charge in [-0.2, -0.15) is 13.2 Å². The Morgan fingerprint density at radius 2 is 1.75 bits per heavy atom. The van der Waals surface area contributed by atoms with Crippen LogP contribution in [0.2, 0.25) is 5.02 Å². The number of nitrogens with one attached hydrogen (secondary N) is 2. The number of anilines is 1. The quantitative estimate of drug-likeness (QED) is 0.497. The molecule has 0 spiro atoms. The van der Waals surface area contributed by atoms with Gasteiger partial charge in [-0.3, -0.25) is 25.5 Å². The predicted molar refractivity (Wildman–Crippen MR) is 111 cm³/mol. The highest BCUT2D eigenvalue weighted by Crippen LogP contribution is 2.36. The molecule has 3 amide bonds. The molecule has 1 aromatic heterocycles. The number of hydrogen-bond acceptors (Lipinski definition) is 5. The van der Waals surface area contributed by atoms with Crippen molar-refractivity contribution in [2.75, 3.05) is 12.5 Å². The molecule has 0 fully saturated rings. The van der Waals surface area contributed by atoms with E-state index < -0.39 is 28.7 Å². The zero-order valence-corrected chi connectivity index (χ0v) is 17.2. The molecule has 2 N–H and O–H groups in total. The van der Waals surface area contributed by atoms with E-state index >= 15 is 0 Å². The fraction of sp³-hybridized carbons (Fsp3) is 0.0952. The molecule has 11 heteroatoms. The first-order valence-corrected chi connectivity index (χ1v) is 9.42. The van der Waals surface area contributed by atoms with Crippen LogP contribution in [-0.2, 0) is 6.18 Å². The second-order valence-corrected chi connectivity index (χ2v) is 6.81. The minimum absolute atomic E-state index is 0.0677. The molecule has 0 aliphatic rings. The topological polar surface area (TPSA) is 83.6 Å². The third-order valence-corrected chi connectivity index (χ3v) is 4.45. The van der Waals surface area contributed by atoms with E-state index in [1.54, 1.807) is 30.3 Å². The molecule has 1 heterocycles. The summed E-state index contributed by atoms with van der Waals surface area (Å²) in [5.74, 6) is 0.130. The van der Waals surface area contributed by atoms with Crippen LogP contribution in [0.5, 0.6) is 11.5 Å². The molecule has 0 unspecified atom stereocenters. The number of carbonyl (C=O) groups is 2. The molecule has 32 heavy (non-hydrogen) atoms. The Labute approximate surface area is 185 Å². The number of pyridine rings is 1. The molecule has 0 radical (unpaired) electrons. The van der Waals surface area contributed by atoms with Gasteiger partial charge in [-0.1, -0.05) is 29.8 Å². The van der Waals surface area contributed by atoms with Gasteiger partial charge in [0.1, 0.15) is 17.2 Å². The first kappa shape index (κ1) is 22.9. The highest BCUT2D eigenvalue weighted by Gasteiger charge is 2.33. The Balaban J connectivity index is 1.65. The van der Waals surface area contributed by atoms with Gasteiger partial charge in [0.2, 0.25) is 0 Å². The second kappa shape index (κ2) is 9.56. The number of imide groups is 1. The molecule has 166 valence electrons. The number of urea groups is 1. The second-order valence-electron chi connectivity index (χ2n) is 6.40. The van der Waals surface area contributed by atoms with Gasteiger partial charge in [-0.05, 0) is 36.4 Å².